The third-order valence-corrected chi connectivity index (χ3v) is 6.27. The zero-order chi connectivity index (χ0) is 17.4. The summed E-state index contributed by atoms with van der Waals surface area (Å²) in [5.74, 6) is 2.32. The summed E-state index contributed by atoms with van der Waals surface area (Å²) in [6.45, 7) is 0.553. The molecule has 0 saturated heterocycles. The van der Waals surface area contributed by atoms with Crippen LogP contribution in [0.1, 0.15) is 44.1 Å². The molecule has 5 heteroatoms. The van der Waals surface area contributed by atoms with E-state index in [1.807, 2.05) is 12.1 Å². The highest BCUT2D eigenvalue weighted by molar-refractivity contribution is 5.67. The summed E-state index contributed by atoms with van der Waals surface area (Å²) in [6.07, 6.45) is 7.71. The van der Waals surface area contributed by atoms with Crippen molar-refractivity contribution in [2.45, 2.75) is 50.5 Å². The van der Waals surface area contributed by atoms with Gasteiger partial charge in [0.2, 0.25) is 0 Å². The van der Waals surface area contributed by atoms with Crippen LogP contribution in [0.5, 0.6) is 0 Å². The van der Waals surface area contributed by atoms with Crippen molar-refractivity contribution in [2.24, 2.45) is 17.8 Å². The number of carbonyl (C=O) groups excluding carboxylic acids is 1. The van der Waals surface area contributed by atoms with Crippen molar-refractivity contribution in [1.29, 1.82) is 0 Å². The molecule has 4 aliphatic carbocycles. The molecule has 4 saturated carbocycles. The largest absolute Gasteiger partial charge is 0.443 e. The fourth-order valence-electron chi connectivity index (χ4n) is 5.57. The maximum Gasteiger partial charge on any atom is 0.407 e. The molecule has 1 aromatic carbocycles. The minimum absolute atomic E-state index is 0.181. The van der Waals surface area contributed by atoms with Crippen LogP contribution in [0.4, 0.5) is 10.5 Å². The minimum atomic E-state index is -0.266. The number of amides is 1. The Labute approximate surface area is 148 Å². The number of carbonyl (C=O) groups is 1. The molecule has 0 atom stereocenters. The van der Waals surface area contributed by atoms with Crippen molar-refractivity contribution in [2.75, 3.05) is 13.6 Å². The van der Waals surface area contributed by atoms with E-state index in [2.05, 4.69) is 5.32 Å². The fourth-order valence-corrected chi connectivity index (χ4v) is 5.57. The van der Waals surface area contributed by atoms with Crippen LogP contribution in [0.2, 0.25) is 0 Å². The first kappa shape index (κ1) is 16.6. The van der Waals surface area contributed by atoms with Crippen molar-refractivity contribution in [1.82, 2.24) is 5.32 Å². The quantitative estimate of drug-likeness (QED) is 0.823. The highest BCUT2D eigenvalue weighted by Crippen LogP contribution is 2.57. The summed E-state index contributed by atoms with van der Waals surface area (Å²) < 4.78 is 6.78. The Morgan fingerprint density at radius 3 is 2.20 bits per heavy atom. The van der Waals surface area contributed by atoms with E-state index in [9.17, 15) is 9.70 Å². The van der Waals surface area contributed by atoms with Crippen LogP contribution in [-0.4, -0.2) is 30.0 Å². The Kier molecular flexibility index (Phi) is 4.26. The minimum Gasteiger partial charge on any atom is -0.443 e. The summed E-state index contributed by atoms with van der Waals surface area (Å²) in [6, 6.07) is 7.46. The first-order valence-corrected chi connectivity index (χ1v) is 9.48. The van der Waals surface area contributed by atoms with E-state index < -0.39 is 0 Å². The average Bonchev–Trinajstić information content (AvgIpc) is 2.53. The molecule has 0 spiro atoms. The monoisotopic (exact) mass is 343 g/mol. The molecule has 134 valence electrons. The standard InChI is InChI=1S/C20H26N2O3/c1-22(24)18-4-2-14(3-5-18)6-7-21-19(23)25-20-11-15-8-16(12-20)10-17(9-15)13-20/h2-5,15-17H,6-13H2,1H3/p+1. The second-order valence-electron chi connectivity index (χ2n) is 8.33. The van der Waals surface area contributed by atoms with Crippen molar-refractivity contribution >= 4 is 11.8 Å². The van der Waals surface area contributed by atoms with Gasteiger partial charge in [0.25, 0.3) is 5.69 Å². The predicted octanol–water partition coefficient (Wildman–Crippen LogP) is 3.96. The maximum atomic E-state index is 12.3. The zero-order valence-corrected chi connectivity index (χ0v) is 14.9. The smallest absolute Gasteiger partial charge is 0.407 e. The van der Waals surface area contributed by atoms with Gasteiger partial charge < -0.3 is 10.1 Å². The molecule has 1 amide bonds. The third-order valence-electron chi connectivity index (χ3n) is 6.27. The van der Waals surface area contributed by atoms with Crippen LogP contribution in [0.25, 0.3) is 0 Å². The summed E-state index contributed by atoms with van der Waals surface area (Å²) in [7, 11) is 1.48. The first-order valence-electron chi connectivity index (χ1n) is 9.48. The third kappa shape index (κ3) is 3.55. The lowest BCUT2D eigenvalue weighted by Gasteiger charge is -2.55. The van der Waals surface area contributed by atoms with E-state index in [0.29, 0.717) is 12.2 Å². The molecule has 0 radical (unpaired) electrons. The number of hydrogen-bond acceptors (Lipinski definition) is 3. The predicted molar refractivity (Wildman–Crippen MR) is 94.7 cm³/mol. The highest BCUT2D eigenvalue weighted by atomic mass is 16.6. The summed E-state index contributed by atoms with van der Waals surface area (Å²) >= 11 is 0. The number of ether oxygens (including phenoxy) is 1. The van der Waals surface area contributed by atoms with Gasteiger partial charge in [0.05, 0.1) is 0 Å². The van der Waals surface area contributed by atoms with E-state index in [-0.39, 0.29) is 11.7 Å². The molecule has 1 aromatic rings. The molecule has 0 heterocycles. The number of rotatable bonds is 5. The Morgan fingerprint density at radius 2 is 1.68 bits per heavy atom. The van der Waals surface area contributed by atoms with Crippen LogP contribution >= 0.6 is 0 Å². The zero-order valence-electron chi connectivity index (χ0n) is 14.9. The van der Waals surface area contributed by atoms with Crippen molar-refractivity contribution in [3.05, 3.63) is 34.7 Å². The maximum absolute atomic E-state index is 12.3. The normalized spacial score (nSPS) is 32.4. The van der Waals surface area contributed by atoms with Gasteiger partial charge in [-0.3, -0.25) is 0 Å². The second-order valence-corrected chi connectivity index (χ2v) is 8.33. The van der Waals surface area contributed by atoms with Crippen LogP contribution in [-0.2, 0) is 11.2 Å². The lowest BCUT2D eigenvalue weighted by Crippen LogP contribution is -2.53. The number of alkyl carbamates (subject to hydrolysis) is 1. The Morgan fingerprint density at radius 1 is 1.12 bits per heavy atom. The van der Waals surface area contributed by atoms with Gasteiger partial charge in [0.15, 0.2) is 7.05 Å². The molecule has 1 N–H and O–H groups in total. The van der Waals surface area contributed by atoms with Gasteiger partial charge >= 0.3 is 6.09 Å². The first-order chi connectivity index (χ1) is 12.0. The summed E-state index contributed by atoms with van der Waals surface area (Å²) in [5, 5.41) is 2.91. The molecular weight excluding hydrogens is 316 g/mol. The van der Waals surface area contributed by atoms with Gasteiger partial charge in [-0.15, -0.1) is 0 Å². The molecule has 4 bridgehead atoms. The van der Waals surface area contributed by atoms with E-state index in [1.54, 1.807) is 12.1 Å². The van der Waals surface area contributed by atoms with Crippen LogP contribution in [0.3, 0.4) is 0 Å². The van der Waals surface area contributed by atoms with Gasteiger partial charge in [-0.1, -0.05) is 12.1 Å². The highest BCUT2D eigenvalue weighted by Gasteiger charge is 2.53. The van der Waals surface area contributed by atoms with Gasteiger partial charge in [-0.2, -0.15) is 0 Å². The average molecular weight is 343 g/mol. The summed E-state index contributed by atoms with van der Waals surface area (Å²) in [4.78, 5) is 23.5. The number of nitroso groups, excluding NO2 is 1. The molecule has 0 unspecified atom stereocenters. The molecule has 25 heavy (non-hydrogen) atoms. The molecule has 5 rings (SSSR count). The van der Waals surface area contributed by atoms with Crippen molar-refractivity contribution in [3.63, 3.8) is 0 Å². The van der Waals surface area contributed by atoms with Gasteiger partial charge in [-0.25, -0.2) is 4.79 Å². The van der Waals surface area contributed by atoms with Gasteiger partial charge in [0.1, 0.15) is 5.60 Å². The molecular formula is C20H27N2O3+. The Balaban J connectivity index is 1.26. The number of hydrogen-bond donors (Lipinski definition) is 1. The van der Waals surface area contributed by atoms with E-state index >= 15 is 0 Å². The Bertz CT molecular complexity index is 633. The number of nitrogens with one attached hydrogen (secondary N) is 1. The fraction of sp³-hybridized carbons (Fsp3) is 0.650. The topological polar surface area (TPSA) is 58.4 Å². The van der Waals surface area contributed by atoms with Crippen LogP contribution < -0.4 is 5.32 Å². The van der Waals surface area contributed by atoms with Gasteiger partial charge in [0, 0.05) is 28.3 Å². The lowest BCUT2D eigenvalue weighted by atomic mass is 9.54. The molecule has 5 nitrogen and oxygen atoms in total. The molecule has 0 aliphatic heterocycles. The molecule has 0 aromatic heterocycles. The lowest BCUT2D eigenvalue weighted by molar-refractivity contribution is -0.428. The van der Waals surface area contributed by atoms with E-state index in [4.69, 9.17) is 4.74 Å². The molecule has 4 aliphatic rings. The number of benzene rings is 1. The van der Waals surface area contributed by atoms with Crippen molar-refractivity contribution < 1.29 is 14.3 Å². The van der Waals surface area contributed by atoms with Crippen LogP contribution in [0.15, 0.2) is 24.3 Å². The summed E-state index contributed by atoms with van der Waals surface area (Å²) in [5.41, 5.74) is 1.55. The van der Waals surface area contributed by atoms with Crippen molar-refractivity contribution in [3.8, 4) is 0 Å². The molecule has 4 fully saturated rings. The van der Waals surface area contributed by atoms with E-state index in [1.165, 1.54) is 26.3 Å². The number of nitrogens with zero attached hydrogens (tertiary/aromatic N) is 1. The SMILES string of the molecule is C[N+](=O)c1ccc(CCNC(=O)OC23CC4CC(CC(C4)C2)C3)cc1. The Hall–Kier alpha value is -1.91. The second kappa shape index (κ2) is 6.43. The van der Waals surface area contributed by atoms with Crippen LogP contribution in [0, 0.1) is 22.7 Å². The van der Waals surface area contributed by atoms with Gasteiger partial charge in [-0.05, 0) is 68.3 Å². The van der Waals surface area contributed by atoms with E-state index in [0.717, 1.165) is 53.8 Å².